The molecule has 0 aliphatic heterocycles. The van der Waals surface area contributed by atoms with E-state index < -0.39 is 0 Å². The molecule has 1 nitrogen and oxygen atoms in total. The number of halogens is 1. The van der Waals surface area contributed by atoms with Crippen molar-refractivity contribution >= 4 is 27.3 Å². The van der Waals surface area contributed by atoms with E-state index in [1.54, 1.807) is 0 Å². The Kier molecular flexibility index (Phi) is 5.48. The zero-order chi connectivity index (χ0) is 12.2. The lowest BCUT2D eigenvalue weighted by Crippen LogP contribution is -2.28. The molecule has 0 saturated heterocycles. The Labute approximate surface area is 112 Å². The third-order valence-corrected chi connectivity index (χ3v) is 4.26. The van der Waals surface area contributed by atoms with Crippen molar-refractivity contribution in [2.75, 3.05) is 6.54 Å². The van der Waals surface area contributed by atoms with Gasteiger partial charge in [0.15, 0.2) is 0 Å². The lowest BCUT2D eigenvalue weighted by atomic mass is 9.85. The van der Waals surface area contributed by atoms with Gasteiger partial charge < -0.3 is 5.32 Å². The summed E-state index contributed by atoms with van der Waals surface area (Å²) in [5.74, 6) is 0. The first-order chi connectivity index (χ1) is 7.39. The van der Waals surface area contributed by atoms with Gasteiger partial charge in [0.1, 0.15) is 0 Å². The van der Waals surface area contributed by atoms with E-state index in [1.165, 1.54) is 21.5 Å². The molecule has 0 aromatic carbocycles. The molecule has 0 amide bonds. The summed E-state index contributed by atoms with van der Waals surface area (Å²) in [4.78, 5) is 1.47. The average Bonchev–Trinajstić information content (AvgIpc) is 2.48. The number of thiophene rings is 1. The van der Waals surface area contributed by atoms with E-state index in [-0.39, 0.29) is 0 Å². The summed E-state index contributed by atoms with van der Waals surface area (Å²) < 4.78 is 1.23. The second-order valence-electron chi connectivity index (χ2n) is 5.41. The van der Waals surface area contributed by atoms with Crippen molar-refractivity contribution in [1.29, 1.82) is 0 Å². The molecule has 1 rings (SSSR count). The number of nitrogens with one attached hydrogen (secondary N) is 1. The Morgan fingerprint density at radius 1 is 1.38 bits per heavy atom. The number of hydrogen-bond donors (Lipinski definition) is 1. The molecule has 16 heavy (non-hydrogen) atoms. The van der Waals surface area contributed by atoms with Crippen LogP contribution in [0.4, 0.5) is 0 Å². The summed E-state index contributed by atoms with van der Waals surface area (Å²) in [6.07, 6.45) is 2.39. The second kappa shape index (κ2) is 6.18. The van der Waals surface area contributed by atoms with E-state index in [0.29, 0.717) is 11.5 Å². The van der Waals surface area contributed by atoms with Gasteiger partial charge in [0.05, 0.1) is 3.79 Å². The van der Waals surface area contributed by atoms with Crippen molar-refractivity contribution in [3.05, 3.63) is 20.8 Å². The van der Waals surface area contributed by atoms with Gasteiger partial charge in [0.2, 0.25) is 0 Å². The molecule has 92 valence electrons. The smallest absolute Gasteiger partial charge is 0.0701 e. The molecule has 0 fully saturated rings. The fraction of sp³-hybridized carbons (Fsp3) is 0.692. The minimum atomic E-state index is 0.381. The van der Waals surface area contributed by atoms with Crippen molar-refractivity contribution in [3.8, 4) is 0 Å². The topological polar surface area (TPSA) is 12.0 Å². The van der Waals surface area contributed by atoms with Gasteiger partial charge in [-0.2, -0.15) is 0 Å². The van der Waals surface area contributed by atoms with Gasteiger partial charge in [0.25, 0.3) is 0 Å². The van der Waals surface area contributed by atoms with Crippen LogP contribution in [0.2, 0.25) is 0 Å². The summed E-state index contributed by atoms with van der Waals surface area (Å²) in [7, 11) is 0. The first-order valence-corrected chi connectivity index (χ1v) is 7.47. The van der Waals surface area contributed by atoms with Gasteiger partial charge in [-0.1, -0.05) is 27.7 Å². The van der Waals surface area contributed by atoms with E-state index in [4.69, 9.17) is 0 Å². The molecule has 0 radical (unpaired) electrons. The Morgan fingerprint density at radius 2 is 2.06 bits per heavy atom. The maximum Gasteiger partial charge on any atom is 0.0701 e. The lowest BCUT2D eigenvalue weighted by Gasteiger charge is -2.24. The first kappa shape index (κ1) is 14.2. The summed E-state index contributed by atoms with van der Waals surface area (Å²) in [6.45, 7) is 10.2. The highest BCUT2D eigenvalue weighted by molar-refractivity contribution is 9.11. The molecule has 3 heteroatoms. The van der Waals surface area contributed by atoms with E-state index in [9.17, 15) is 0 Å². The number of rotatable bonds is 6. The molecular weight excluding hydrogens is 282 g/mol. The van der Waals surface area contributed by atoms with Crippen molar-refractivity contribution in [2.24, 2.45) is 5.41 Å². The molecule has 1 aromatic heterocycles. The highest BCUT2D eigenvalue weighted by atomic mass is 79.9. The third kappa shape index (κ3) is 5.46. The van der Waals surface area contributed by atoms with Gasteiger partial charge in [-0.25, -0.2) is 0 Å². The van der Waals surface area contributed by atoms with Crippen molar-refractivity contribution < 1.29 is 0 Å². The van der Waals surface area contributed by atoms with Crippen LogP contribution in [0.3, 0.4) is 0 Å². The molecule has 0 spiro atoms. The van der Waals surface area contributed by atoms with Crippen LogP contribution in [-0.4, -0.2) is 12.6 Å². The van der Waals surface area contributed by atoms with Gasteiger partial charge in [-0.05, 0) is 52.9 Å². The van der Waals surface area contributed by atoms with Crippen LogP contribution >= 0.6 is 27.3 Å². The van der Waals surface area contributed by atoms with E-state index in [0.717, 1.165) is 6.54 Å². The zero-order valence-electron chi connectivity index (χ0n) is 10.6. The summed E-state index contributed by atoms with van der Waals surface area (Å²) in [5, 5.41) is 3.49. The van der Waals surface area contributed by atoms with Crippen LogP contribution in [0.1, 0.15) is 39.0 Å². The molecule has 0 aliphatic rings. The normalized spacial score (nSPS) is 12.4. The van der Waals surface area contributed by atoms with Crippen molar-refractivity contribution in [1.82, 2.24) is 5.32 Å². The van der Waals surface area contributed by atoms with Crippen molar-refractivity contribution in [3.63, 3.8) is 0 Å². The standard InChI is InChI=1S/C13H22BrNS/c1-10(2)15-8-7-13(3,4)9-11-5-6-12(14)16-11/h5-6,10,15H,7-9H2,1-4H3. The maximum absolute atomic E-state index is 3.52. The Balaban J connectivity index is 2.39. The quantitative estimate of drug-likeness (QED) is 0.818. The molecular formula is C13H22BrNS. The van der Waals surface area contributed by atoms with E-state index in [1.807, 2.05) is 11.3 Å². The highest BCUT2D eigenvalue weighted by Gasteiger charge is 2.19. The Bertz CT molecular complexity index is 317. The van der Waals surface area contributed by atoms with Crippen LogP contribution in [0, 0.1) is 5.41 Å². The Morgan fingerprint density at radius 3 is 2.56 bits per heavy atom. The summed E-state index contributed by atoms with van der Waals surface area (Å²) in [6, 6.07) is 4.96. The number of hydrogen-bond acceptors (Lipinski definition) is 2. The average molecular weight is 304 g/mol. The fourth-order valence-electron chi connectivity index (χ4n) is 1.71. The van der Waals surface area contributed by atoms with Crippen LogP contribution in [-0.2, 0) is 6.42 Å². The third-order valence-electron chi connectivity index (χ3n) is 2.64. The fourth-order valence-corrected chi connectivity index (χ4v) is 3.45. The van der Waals surface area contributed by atoms with Crippen LogP contribution in [0.15, 0.2) is 15.9 Å². The van der Waals surface area contributed by atoms with Gasteiger partial charge in [-0.15, -0.1) is 11.3 Å². The molecule has 0 bridgehead atoms. The molecule has 1 heterocycles. The van der Waals surface area contributed by atoms with Gasteiger partial charge >= 0.3 is 0 Å². The van der Waals surface area contributed by atoms with Gasteiger partial charge in [0, 0.05) is 10.9 Å². The second-order valence-corrected chi connectivity index (χ2v) is 7.95. The molecule has 0 unspecified atom stereocenters. The molecule has 0 atom stereocenters. The zero-order valence-corrected chi connectivity index (χ0v) is 13.0. The van der Waals surface area contributed by atoms with Crippen LogP contribution in [0.5, 0.6) is 0 Å². The van der Waals surface area contributed by atoms with E-state index >= 15 is 0 Å². The van der Waals surface area contributed by atoms with Crippen molar-refractivity contribution in [2.45, 2.75) is 46.6 Å². The first-order valence-electron chi connectivity index (χ1n) is 5.87. The van der Waals surface area contributed by atoms with Crippen LogP contribution < -0.4 is 5.32 Å². The maximum atomic E-state index is 3.52. The summed E-state index contributed by atoms with van der Waals surface area (Å²) in [5.41, 5.74) is 0.381. The molecule has 0 saturated carbocycles. The summed E-state index contributed by atoms with van der Waals surface area (Å²) >= 11 is 5.37. The molecule has 1 aromatic rings. The highest BCUT2D eigenvalue weighted by Crippen LogP contribution is 2.31. The van der Waals surface area contributed by atoms with Gasteiger partial charge in [-0.3, -0.25) is 0 Å². The monoisotopic (exact) mass is 303 g/mol. The molecule has 1 N–H and O–H groups in total. The Hall–Kier alpha value is 0.140. The minimum Gasteiger partial charge on any atom is -0.315 e. The minimum absolute atomic E-state index is 0.381. The predicted octanol–water partition coefficient (Wildman–Crippen LogP) is 4.47. The predicted molar refractivity (Wildman–Crippen MR) is 77.3 cm³/mol. The largest absolute Gasteiger partial charge is 0.315 e. The SMILES string of the molecule is CC(C)NCCC(C)(C)Cc1ccc(Br)s1. The lowest BCUT2D eigenvalue weighted by molar-refractivity contribution is 0.323. The molecule has 0 aliphatic carbocycles. The van der Waals surface area contributed by atoms with E-state index in [2.05, 4.69) is 61.1 Å². The van der Waals surface area contributed by atoms with Crippen LogP contribution in [0.25, 0.3) is 0 Å².